The van der Waals surface area contributed by atoms with E-state index in [1.54, 1.807) is 7.11 Å². The fraction of sp³-hybridized carbons (Fsp3) is 0.222. The standard InChI is InChI=1S/C18H18O3/c1-3-15-10-7-11-17(16-8-5-4-6-9-16)18(15)21-14-20-13-12-19-2/h1,4-11H,12-14H2,2H3. The Hall–Kier alpha value is -2.28. The first-order valence-electron chi connectivity index (χ1n) is 6.71. The Bertz CT molecular complexity index is 600. The van der Waals surface area contributed by atoms with Gasteiger partial charge in [0.1, 0.15) is 5.75 Å². The zero-order chi connectivity index (χ0) is 14.9. The van der Waals surface area contributed by atoms with Gasteiger partial charge in [-0.15, -0.1) is 6.42 Å². The summed E-state index contributed by atoms with van der Waals surface area (Å²) in [6, 6.07) is 15.8. The van der Waals surface area contributed by atoms with Crippen LogP contribution in [-0.4, -0.2) is 27.1 Å². The highest BCUT2D eigenvalue weighted by Gasteiger charge is 2.10. The topological polar surface area (TPSA) is 27.7 Å². The molecule has 0 aliphatic rings. The van der Waals surface area contributed by atoms with Crippen LogP contribution < -0.4 is 4.74 Å². The van der Waals surface area contributed by atoms with Gasteiger partial charge in [-0.25, -0.2) is 0 Å². The molecule has 0 unspecified atom stereocenters. The Kier molecular flexibility index (Phi) is 5.83. The van der Waals surface area contributed by atoms with Crippen LogP contribution in [0.2, 0.25) is 0 Å². The number of methoxy groups -OCH3 is 1. The van der Waals surface area contributed by atoms with Crippen molar-refractivity contribution >= 4 is 0 Å². The zero-order valence-corrected chi connectivity index (χ0v) is 12.0. The summed E-state index contributed by atoms with van der Waals surface area (Å²) in [7, 11) is 1.63. The number of hydrogen-bond donors (Lipinski definition) is 0. The molecule has 21 heavy (non-hydrogen) atoms. The lowest BCUT2D eigenvalue weighted by Gasteiger charge is -2.14. The van der Waals surface area contributed by atoms with Crippen molar-refractivity contribution in [2.45, 2.75) is 0 Å². The van der Waals surface area contributed by atoms with Crippen molar-refractivity contribution in [2.24, 2.45) is 0 Å². The Morgan fingerprint density at radius 3 is 2.52 bits per heavy atom. The van der Waals surface area contributed by atoms with Gasteiger partial charge in [-0.05, 0) is 11.6 Å². The van der Waals surface area contributed by atoms with Crippen molar-refractivity contribution in [1.82, 2.24) is 0 Å². The Morgan fingerprint density at radius 2 is 1.81 bits per heavy atom. The van der Waals surface area contributed by atoms with E-state index < -0.39 is 0 Å². The molecule has 0 atom stereocenters. The fourth-order valence-corrected chi connectivity index (χ4v) is 1.95. The van der Waals surface area contributed by atoms with E-state index in [9.17, 15) is 0 Å². The van der Waals surface area contributed by atoms with Crippen LogP contribution in [-0.2, 0) is 9.47 Å². The summed E-state index contributed by atoms with van der Waals surface area (Å²) >= 11 is 0. The van der Waals surface area contributed by atoms with Gasteiger partial charge in [-0.3, -0.25) is 0 Å². The van der Waals surface area contributed by atoms with Crippen molar-refractivity contribution in [3.05, 3.63) is 54.1 Å². The number of ether oxygens (including phenoxy) is 3. The molecule has 0 aromatic heterocycles. The smallest absolute Gasteiger partial charge is 0.189 e. The third-order valence-corrected chi connectivity index (χ3v) is 2.97. The highest BCUT2D eigenvalue weighted by Crippen LogP contribution is 2.32. The molecule has 0 aliphatic carbocycles. The highest BCUT2D eigenvalue weighted by atomic mass is 16.7. The predicted octanol–water partition coefficient (Wildman–Crippen LogP) is 3.33. The molecule has 0 saturated heterocycles. The van der Waals surface area contributed by atoms with Crippen LogP contribution in [0.3, 0.4) is 0 Å². The molecule has 2 aromatic carbocycles. The molecular weight excluding hydrogens is 264 g/mol. The molecule has 0 heterocycles. The summed E-state index contributed by atoms with van der Waals surface area (Å²) < 4.78 is 16.0. The third kappa shape index (κ3) is 4.09. The van der Waals surface area contributed by atoms with E-state index in [1.807, 2.05) is 48.5 Å². The number of benzene rings is 2. The SMILES string of the molecule is C#Cc1cccc(-c2ccccc2)c1OCOCCOC. The average Bonchev–Trinajstić information content (AvgIpc) is 2.55. The van der Waals surface area contributed by atoms with Crippen LogP contribution in [0.1, 0.15) is 5.56 Å². The molecule has 0 radical (unpaired) electrons. The van der Waals surface area contributed by atoms with E-state index in [-0.39, 0.29) is 6.79 Å². The van der Waals surface area contributed by atoms with Gasteiger partial charge >= 0.3 is 0 Å². The van der Waals surface area contributed by atoms with Crippen LogP contribution in [0, 0.1) is 12.3 Å². The van der Waals surface area contributed by atoms with Gasteiger partial charge in [0.05, 0.1) is 18.8 Å². The van der Waals surface area contributed by atoms with Gasteiger partial charge in [0, 0.05) is 12.7 Å². The summed E-state index contributed by atoms with van der Waals surface area (Å²) in [4.78, 5) is 0. The van der Waals surface area contributed by atoms with Gasteiger partial charge in [0.25, 0.3) is 0 Å². The van der Waals surface area contributed by atoms with Crippen LogP contribution >= 0.6 is 0 Å². The maximum Gasteiger partial charge on any atom is 0.189 e. The molecule has 0 N–H and O–H groups in total. The molecular formula is C18H18O3. The number of terminal acetylenes is 1. The lowest BCUT2D eigenvalue weighted by molar-refractivity contribution is -0.00833. The van der Waals surface area contributed by atoms with Crippen molar-refractivity contribution in [2.75, 3.05) is 27.1 Å². The normalized spacial score (nSPS) is 10.1. The van der Waals surface area contributed by atoms with Crippen LogP contribution in [0.4, 0.5) is 0 Å². The Balaban J connectivity index is 2.19. The molecule has 0 aliphatic heterocycles. The summed E-state index contributed by atoms with van der Waals surface area (Å²) in [5, 5.41) is 0. The maximum atomic E-state index is 5.74. The molecule has 0 spiro atoms. The molecule has 0 amide bonds. The summed E-state index contributed by atoms with van der Waals surface area (Å²) in [6.45, 7) is 1.16. The maximum absolute atomic E-state index is 5.74. The van der Waals surface area contributed by atoms with Gasteiger partial charge in [-0.1, -0.05) is 48.4 Å². The molecule has 108 valence electrons. The van der Waals surface area contributed by atoms with E-state index >= 15 is 0 Å². The van der Waals surface area contributed by atoms with Crippen molar-refractivity contribution in [1.29, 1.82) is 0 Å². The average molecular weight is 282 g/mol. The van der Waals surface area contributed by atoms with E-state index in [1.165, 1.54) is 0 Å². The van der Waals surface area contributed by atoms with E-state index in [0.29, 0.717) is 24.5 Å². The number of rotatable bonds is 7. The minimum atomic E-state index is 0.141. The number of hydrogen-bond acceptors (Lipinski definition) is 3. The van der Waals surface area contributed by atoms with Crippen molar-refractivity contribution in [3.8, 4) is 29.2 Å². The molecule has 0 saturated carbocycles. The third-order valence-electron chi connectivity index (χ3n) is 2.97. The van der Waals surface area contributed by atoms with E-state index in [0.717, 1.165) is 11.1 Å². The molecule has 0 fully saturated rings. The molecule has 3 heteroatoms. The highest BCUT2D eigenvalue weighted by molar-refractivity contribution is 5.73. The summed E-state index contributed by atoms with van der Waals surface area (Å²) in [5.41, 5.74) is 2.73. The van der Waals surface area contributed by atoms with Crippen LogP contribution in [0.5, 0.6) is 5.75 Å². The first-order valence-corrected chi connectivity index (χ1v) is 6.71. The lowest BCUT2D eigenvalue weighted by Crippen LogP contribution is -2.09. The molecule has 2 rings (SSSR count). The minimum Gasteiger partial charge on any atom is -0.466 e. The Labute approximate surface area is 125 Å². The second-order valence-electron chi connectivity index (χ2n) is 4.36. The van der Waals surface area contributed by atoms with Gasteiger partial charge in [0.15, 0.2) is 6.79 Å². The predicted molar refractivity (Wildman–Crippen MR) is 83.1 cm³/mol. The largest absolute Gasteiger partial charge is 0.466 e. The second kappa shape index (κ2) is 8.11. The Morgan fingerprint density at radius 1 is 1.00 bits per heavy atom. The molecule has 0 bridgehead atoms. The quantitative estimate of drug-likeness (QED) is 0.443. The summed E-state index contributed by atoms with van der Waals surface area (Å²) in [5.74, 6) is 3.32. The lowest BCUT2D eigenvalue weighted by atomic mass is 10.0. The first kappa shape index (κ1) is 15.1. The minimum absolute atomic E-state index is 0.141. The van der Waals surface area contributed by atoms with Crippen molar-refractivity contribution in [3.63, 3.8) is 0 Å². The molecule has 2 aromatic rings. The zero-order valence-electron chi connectivity index (χ0n) is 12.0. The first-order chi connectivity index (χ1) is 10.4. The fourth-order valence-electron chi connectivity index (χ4n) is 1.95. The summed E-state index contributed by atoms with van der Waals surface area (Å²) in [6.07, 6.45) is 5.56. The van der Waals surface area contributed by atoms with Crippen LogP contribution in [0.15, 0.2) is 48.5 Å². The van der Waals surface area contributed by atoms with Gasteiger partial charge in [0.2, 0.25) is 0 Å². The van der Waals surface area contributed by atoms with Crippen LogP contribution in [0.25, 0.3) is 11.1 Å². The van der Waals surface area contributed by atoms with Gasteiger partial charge in [-0.2, -0.15) is 0 Å². The van der Waals surface area contributed by atoms with Gasteiger partial charge < -0.3 is 14.2 Å². The van der Waals surface area contributed by atoms with E-state index in [2.05, 4.69) is 5.92 Å². The monoisotopic (exact) mass is 282 g/mol. The molecule has 3 nitrogen and oxygen atoms in total. The second-order valence-corrected chi connectivity index (χ2v) is 4.36. The number of para-hydroxylation sites is 1. The van der Waals surface area contributed by atoms with Crippen molar-refractivity contribution < 1.29 is 14.2 Å². The van der Waals surface area contributed by atoms with E-state index in [4.69, 9.17) is 20.6 Å².